The Morgan fingerprint density at radius 2 is 0.818 bits per heavy atom. The van der Waals surface area contributed by atoms with Gasteiger partial charge in [0.25, 0.3) is 0 Å². The predicted molar refractivity (Wildman–Crippen MR) is 99.5 cm³/mol. The van der Waals surface area contributed by atoms with Crippen LogP contribution in [0.3, 0.4) is 0 Å². The standard InChI is InChI=1S/C12H16BN4S4.Li/c1-5-18-9-14(1)13(15-2-6-19-10-15,16-3-7-20-11-16)17-4-8-21-12-17;/h1-8H,9-12H2;/q-1;+1. The molecule has 4 heterocycles. The summed E-state index contributed by atoms with van der Waals surface area (Å²) >= 11 is 7.49. The zero-order valence-electron chi connectivity index (χ0n) is 12.4. The van der Waals surface area contributed by atoms with Crippen LogP contribution >= 0.6 is 47.0 Å². The minimum Gasteiger partial charge on any atom is -0.487 e. The van der Waals surface area contributed by atoms with E-state index in [1.807, 2.05) is 47.0 Å². The van der Waals surface area contributed by atoms with Crippen molar-refractivity contribution in [2.75, 3.05) is 23.5 Å². The minimum absolute atomic E-state index is 0. The molecule has 0 aromatic rings. The van der Waals surface area contributed by atoms with Crippen LogP contribution in [0.2, 0.25) is 0 Å². The number of hydrogen-bond acceptors (Lipinski definition) is 8. The Hall–Kier alpha value is 0.222. The summed E-state index contributed by atoms with van der Waals surface area (Å²) in [5.41, 5.74) is 0. The Morgan fingerprint density at radius 1 is 0.545 bits per heavy atom. The van der Waals surface area contributed by atoms with Crippen LogP contribution in [-0.2, 0) is 0 Å². The Labute approximate surface area is 161 Å². The average molecular weight is 362 g/mol. The van der Waals surface area contributed by atoms with E-state index >= 15 is 0 Å². The van der Waals surface area contributed by atoms with Crippen molar-refractivity contribution in [1.82, 2.24) is 19.2 Å². The molecular formula is C12H16BLiN4S4. The molecule has 0 radical (unpaired) electrons. The van der Waals surface area contributed by atoms with E-state index in [9.17, 15) is 0 Å². The molecule has 0 aromatic heterocycles. The van der Waals surface area contributed by atoms with Gasteiger partial charge in [0.2, 0.25) is 0 Å². The second kappa shape index (κ2) is 7.41. The van der Waals surface area contributed by atoms with E-state index in [0.717, 1.165) is 23.5 Å². The van der Waals surface area contributed by atoms with Crippen LogP contribution in [0.5, 0.6) is 0 Å². The van der Waals surface area contributed by atoms with Gasteiger partial charge < -0.3 is 19.2 Å². The zero-order valence-corrected chi connectivity index (χ0v) is 15.7. The molecule has 0 aromatic carbocycles. The van der Waals surface area contributed by atoms with E-state index in [1.54, 1.807) is 0 Å². The monoisotopic (exact) mass is 362 g/mol. The van der Waals surface area contributed by atoms with Gasteiger partial charge in [0.15, 0.2) is 0 Å². The van der Waals surface area contributed by atoms with E-state index in [1.165, 1.54) is 0 Å². The van der Waals surface area contributed by atoms with Gasteiger partial charge in [-0.2, -0.15) is 0 Å². The first-order valence-corrected chi connectivity index (χ1v) is 11.0. The van der Waals surface area contributed by atoms with Gasteiger partial charge in [0, 0.05) is 23.5 Å². The molecule has 10 heteroatoms. The molecule has 0 saturated carbocycles. The Kier molecular flexibility index (Phi) is 5.75. The van der Waals surface area contributed by atoms with Gasteiger partial charge in [0.05, 0.1) is 0 Å². The fourth-order valence-electron chi connectivity index (χ4n) is 3.18. The summed E-state index contributed by atoms with van der Waals surface area (Å²) < 4.78 is 0. The molecule has 4 nitrogen and oxygen atoms in total. The summed E-state index contributed by atoms with van der Waals surface area (Å²) in [6.45, 7) is -1.12. The maximum absolute atomic E-state index is 2.51. The molecule has 22 heavy (non-hydrogen) atoms. The van der Waals surface area contributed by atoms with Crippen molar-refractivity contribution >= 4 is 53.7 Å². The third-order valence-electron chi connectivity index (χ3n) is 4.07. The summed E-state index contributed by atoms with van der Waals surface area (Å²) in [4.78, 5) is 10.0. The Bertz CT molecular complexity index is 436. The molecule has 0 N–H and O–H groups in total. The fraction of sp³-hybridized carbons (Fsp3) is 0.333. The van der Waals surface area contributed by atoms with Crippen molar-refractivity contribution in [3.63, 3.8) is 0 Å². The molecule has 0 amide bonds. The van der Waals surface area contributed by atoms with Crippen LogP contribution in [0.25, 0.3) is 0 Å². The van der Waals surface area contributed by atoms with Crippen LogP contribution in [-0.4, -0.2) is 49.4 Å². The first-order chi connectivity index (χ1) is 10.4. The molecule has 4 aliphatic rings. The third kappa shape index (κ3) is 2.74. The van der Waals surface area contributed by atoms with Gasteiger partial charge in [0.1, 0.15) is 0 Å². The number of thioether (sulfide) groups is 4. The van der Waals surface area contributed by atoms with E-state index in [4.69, 9.17) is 0 Å². The van der Waals surface area contributed by atoms with Crippen LogP contribution < -0.4 is 18.9 Å². The smallest absolute Gasteiger partial charge is 0.487 e. The third-order valence-corrected chi connectivity index (χ3v) is 7.11. The van der Waals surface area contributed by atoms with Crippen molar-refractivity contribution in [2.45, 2.75) is 0 Å². The maximum Gasteiger partial charge on any atom is 1.00 e. The molecule has 0 aliphatic carbocycles. The molecule has 4 rings (SSSR count). The predicted octanol–water partition coefficient (Wildman–Crippen LogP) is 0.336. The van der Waals surface area contributed by atoms with Gasteiger partial charge in [-0.1, -0.05) is 0 Å². The van der Waals surface area contributed by atoms with E-state index in [0.29, 0.717) is 0 Å². The van der Waals surface area contributed by atoms with Crippen molar-refractivity contribution in [2.24, 2.45) is 0 Å². The molecule has 0 spiro atoms. The quantitative estimate of drug-likeness (QED) is 0.656. The molecule has 0 fully saturated rings. The SMILES string of the molecule is C1=CN([B-](N2C=CSC2)(N2C=CSC2)N2C=CSC2)CS1.[Li+]. The Morgan fingerprint density at radius 3 is 1.00 bits per heavy atom. The van der Waals surface area contributed by atoms with E-state index in [2.05, 4.69) is 65.7 Å². The van der Waals surface area contributed by atoms with E-state index in [-0.39, 0.29) is 18.9 Å². The normalized spacial score (nSPS) is 23.3. The number of rotatable bonds is 4. The average Bonchev–Trinajstić information content (AvgIpc) is 3.32. The van der Waals surface area contributed by atoms with Crippen molar-refractivity contribution in [3.8, 4) is 0 Å². The van der Waals surface area contributed by atoms with Crippen LogP contribution in [0.1, 0.15) is 0 Å². The summed E-state index contributed by atoms with van der Waals surface area (Å²) in [5, 5.41) is 8.85. The summed E-state index contributed by atoms with van der Waals surface area (Å²) in [6.07, 6.45) is 9.04. The molecule has 112 valence electrons. The summed E-state index contributed by atoms with van der Waals surface area (Å²) in [5.74, 6) is 4.05. The maximum atomic E-state index is 2.51. The van der Waals surface area contributed by atoms with Crippen LogP contribution in [0.15, 0.2) is 46.4 Å². The van der Waals surface area contributed by atoms with Crippen LogP contribution in [0, 0.1) is 0 Å². The van der Waals surface area contributed by atoms with Gasteiger partial charge in [-0.3, -0.25) is 0 Å². The molecule has 0 unspecified atom stereocenters. The van der Waals surface area contributed by atoms with Crippen molar-refractivity contribution < 1.29 is 18.9 Å². The largest absolute Gasteiger partial charge is 1.00 e. The first-order valence-electron chi connectivity index (χ1n) is 6.76. The van der Waals surface area contributed by atoms with Crippen molar-refractivity contribution in [1.29, 1.82) is 0 Å². The van der Waals surface area contributed by atoms with Crippen LogP contribution in [0.4, 0.5) is 0 Å². The van der Waals surface area contributed by atoms with Gasteiger partial charge in [-0.15, -0.1) is 47.0 Å². The first kappa shape index (κ1) is 17.1. The molecule has 0 bridgehead atoms. The topological polar surface area (TPSA) is 13.0 Å². The van der Waals surface area contributed by atoms with Crippen molar-refractivity contribution in [3.05, 3.63) is 46.4 Å². The van der Waals surface area contributed by atoms with Gasteiger partial charge in [-0.05, 0) is 46.4 Å². The second-order valence-corrected chi connectivity index (χ2v) is 8.53. The molecule has 0 atom stereocenters. The number of hydrogen-bond donors (Lipinski definition) is 0. The van der Waals surface area contributed by atoms with Gasteiger partial charge >= 0.3 is 25.5 Å². The number of nitrogens with zero attached hydrogens (tertiary/aromatic N) is 4. The Balaban J connectivity index is 0.00000144. The molecule has 4 aliphatic heterocycles. The fourth-order valence-corrected chi connectivity index (χ4v) is 6.32. The minimum atomic E-state index is -1.12. The van der Waals surface area contributed by atoms with Gasteiger partial charge in [-0.25, -0.2) is 0 Å². The zero-order chi connectivity index (χ0) is 14.1. The van der Waals surface area contributed by atoms with E-state index < -0.39 is 6.69 Å². The molecular weight excluding hydrogens is 346 g/mol. The summed E-state index contributed by atoms with van der Waals surface area (Å²) in [6, 6.07) is 0. The second-order valence-electron chi connectivity index (χ2n) is 5.07. The summed E-state index contributed by atoms with van der Waals surface area (Å²) in [7, 11) is 0. The molecule has 0 saturated heterocycles.